The Morgan fingerprint density at radius 1 is 0.636 bits per heavy atom. The van der Waals surface area contributed by atoms with Crippen LogP contribution in [0, 0.1) is 27.7 Å². The van der Waals surface area contributed by atoms with E-state index in [9.17, 15) is 19.2 Å². The summed E-state index contributed by atoms with van der Waals surface area (Å²) in [6, 6.07) is 0. The van der Waals surface area contributed by atoms with Gasteiger partial charge in [-0.3, -0.25) is 19.2 Å². The van der Waals surface area contributed by atoms with E-state index >= 15 is 0 Å². The average Bonchev–Trinajstić information content (AvgIpc) is 3.15. The molecule has 0 saturated carbocycles. The first-order valence-corrected chi connectivity index (χ1v) is 12.6. The zero-order valence-corrected chi connectivity index (χ0v) is 21.2. The minimum Gasteiger partial charge on any atom is -0.365 e. The Hall–Kier alpha value is -2.72. The predicted molar refractivity (Wildman–Crippen MR) is 134 cm³/mol. The molecule has 10 heteroatoms. The molecule has 2 heterocycles. The van der Waals surface area contributed by atoms with Gasteiger partial charge in [0.05, 0.1) is 11.1 Å². The van der Waals surface area contributed by atoms with Crippen molar-refractivity contribution >= 4 is 56.3 Å². The highest BCUT2D eigenvalue weighted by Gasteiger charge is 2.20. The standard InChI is InChI=1S/C23H32N4O4S2/c1-12-14(3)32-22(18(12)20(24)30)26-16(28)10-8-6-5-7-9-11-17(29)27-23-19(21(25)31)13(2)15(4)33-23/h5-11H2,1-4H3,(H2,24,30)(H2,25,31)(H,26,28)(H,27,29). The van der Waals surface area contributed by atoms with Gasteiger partial charge >= 0.3 is 0 Å². The Bertz CT molecular complexity index is 973. The number of hydrogen-bond acceptors (Lipinski definition) is 6. The lowest BCUT2D eigenvalue weighted by atomic mass is 10.1. The largest absolute Gasteiger partial charge is 0.365 e. The highest BCUT2D eigenvalue weighted by molar-refractivity contribution is 7.17. The van der Waals surface area contributed by atoms with Crippen LogP contribution in [0.15, 0.2) is 0 Å². The molecule has 0 atom stereocenters. The number of thiophene rings is 2. The normalized spacial score (nSPS) is 10.8. The Morgan fingerprint density at radius 2 is 0.970 bits per heavy atom. The van der Waals surface area contributed by atoms with Crippen LogP contribution in [-0.4, -0.2) is 23.6 Å². The van der Waals surface area contributed by atoms with Crippen molar-refractivity contribution in [1.29, 1.82) is 0 Å². The lowest BCUT2D eigenvalue weighted by Crippen LogP contribution is -2.17. The van der Waals surface area contributed by atoms with Crippen LogP contribution < -0.4 is 22.1 Å². The molecular formula is C23H32N4O4S2. The zero-order valence-electron chi connectivity index (χ0n) is 19.6. The molecule has 0 saturated heterocycles. The number of anilines is 2. The van der Waals surface area contributed by atoms with Gasteiger partial charge in [0.1, 0.15) is 10.0 Å². The maximum Gasteiger partial charge on any atom is 0.251 e. The maximum atomic E-state index is 12.2. The summed E-state index contributed by atoms with van der Waals surface area (Å²) in [5.41, 5.74) is 13.3. The molecule has 0 aliphatic heterocycles. The summed E-state index contributed by atoms with van der Waals surface area (Å²) in [6.45, 7) is 7.42. The van der Waals surface area contributed by atoms with Crippen molar-refractivity contribution in [2.75, 3.05) is 10.6 Å². The second-order valence-corrected chi connectivity index (χ2v) is 10.5. The number of primary amides is 2. The third-order valence-corrected chi connectivity index (χ3v) is 7.82. The van der Waals surface area contributed by atoms with E-state index in [0.29, 0.717) is 34.0 Å². The lowest BCUT2D eigenvalue weighted by molar-refractivity contribution is -0.117. The molecule has 6 N–H and O–H groups in total. The summed E-state index contributed by atoms with van der Waals surface area (Å²) in [5, 5.41) is 6.65. The molecule has 4 amide bonds. The molecule has 0 bridgehead atoms. The topological polar surface area (TPSA) is 144 Å². The first-order valence-electron chi connectivity index (χ1n) is 10.9. The van der Waals surface area contributed by atoms with Gasteiger partial charge < -0.3 is 22.1 Å². The molecule has 0 fully saturated rings. The number of carbonyl (C=O) groups excluding carboxylic acids is 4. The van der Waals surface area contributed by atoms with Crippen LogP contribution in [0.4, 0.5) is 10.0 Å². The van der Waals surface area contributed by atoms with E-state index in [0.717, 1.165) is 53.0 Å². The third kappa shape index (κ3) is 7.13. The van der Waals surface area contributed by atoms with Crippen LogP contribution in [0.3, 0.4) is 0 Å². The maximum absolute atomic E-state index is 12.2. The van der Waals surface area contributed by atoms with E-state index in [1.165, 1.54) is 22.7 Å². The van der Waals surface area contributed by atoms with E-state index in [4.69, 9.17) is 11.5 Å². The number of aryl methyl sites for hydroxylation is 2. The van der Waals surface area contributed by atoms with Gasteiger partial charge in [0.2, 0.25) is 11.8 Å². The van der Waals surface area contributed by atoms with Crippen molar-refractivity contribution in [2.24, 2.45) is 11.5 Å². The lowest BCUT2D eigenvalue weighted by Gasteiger charge is -2.06. The Labute approximate surface area is 202 Å². The van der Waals surface area contributed by atoms with Crippen LogP contribution in [0.5, 0.6) is 0 Å². The highest BCUT2D eigenvalue weighted by Crippen LogP contribution is 2.33. The van der Waals surface area contributed by atoms with Crippen molar-refractivity contribution in [3.63, 3.8) is 0 Å². The van der Waals surface area contributed by atoms with E-state index in [1.807, 2.05) is 27.7 Å². The van der Waals surface area contributed by atoms with Crippen molar-refractivity contribution in [1.82, 2.24) is 0 Å². The van der Waals surface area contributed by atoms with E-state index in [1.54, 1.807) is 0 Å². The second kappa shape index (κ2) is 11.9. The Balaban J connectivity index is 1.66. The van der Waals surface area contributed by atoms with Gasteiger partial charge in [-0.2, -0.15) is 0 Å². The molecule has 0 spiro atoms. The monoisotopic (exact) mass is 492 g/mol. The summed E-state index contributed by atoms with van der Waals surface area (Å²) in [5.74, 6) is -1.34. The first kappa shape index (κ1) is 26.5. The molecule has 2 aromatic rings. The van der Waals surface area contributed by atoms with Gasteiger partial charge in [-0.05, 0) is 51.7 Å². The molecule has 2 rings (SSSR count). The summed E-state index contributed by atoms with van der Waals surface area (Å²) in [4.78, 5) is 49.6. The van der Waals surface area contributed by atoms with Crippen LogP contribution in [0.1, 0.15) is 86.5 Å². The van der Waals surface area contributed by atoms with Gasteiger partial charge in [-0.25, -0.2) is 0 Å². The van der Waals surface area contributed by atoms with Crippen LogP contribution >= 0.6 is 22.7 Å². The number of nitrogens with one attached hydrogen (secondary N) is 2. The number of carbonyl (C=O) groups is 4. The van der Waals surface area contributed by atoms with Crippen LogP contribution in [-0.2, 0) is 9.59 Å². The summed E-state index contributed by atoms with van der Waals surface area (Å²) < 4.78 is 0. The molecular weight excluding hydrogens is 460 g/mol. The molecule has 2 aromatic heterocycles. The number of amides is 4. The summed E-state index contributed by atoms with van der Waals surface area (Å²) >= 11 is 2.72. The van der Waals surface area contributed by atoms with E-state index in [-0.39, 0.29) is 11.8 Å². The van der Waals surface area contributed by atoms with E-state index < -0.39 is 11.8 Å². The quantitative estimate of drug-likeness (QED) is 0.322. The molecule has 0 aliphatic carbocycles. The first-order chi connectivity index (χ1) is 15.5. The van der Waals surface area contributed by atoms with Crippen molar-refractivity contribution in [2.45, 2.75) is 72.6 Å². The molecule has 33 heavy (non-hydrogen) atoms. The van der Waals surface area contributed by atoms with Crippen molar-refractivity contribution in [3.8, 4) is 0 Å². The van der Waals surface area contributed by atoms with Gasteiger partial charge in [-0.1, -0.05) is 19.3 Å². The summed E-state index contributed by atoms with van der Waals surface area (Å²) in [6.07, 6.45) is 4.83. The zero-order chi connectivity index (χ0) is 24.7. The SMILES string of the molecule is Cc1sc(NC(=O)CCCCCCCC(=O)Nc2sc(C)c(C)c2C(N)=O)c(C(N)=O)c1C. The van der Waals surface area contributed by atoms with Crippen LogP contribution in [0.25, 0.3) is 0 Å². The van der Waals surface area contributed by atoms with Crippen molar-refractivity contribution in [3.05, 3.63) is 32.0 Å². The van der Waals surface area contributed by atoms with Gasteiger partial charge in [0.15, 0.2) is 0 Å². The third-order valence-electron chi connectivity index (χ3n) is 5.58. The van der Waals surface area contributed by atoms with Gasteiger partial charge in [0, 0.05) is 22.6 Å². The smallest absolute Gasteiger partial charge is 0.251 e. The highest BCUT2D eigenvalue weighted by atomic mass is 32.1. The Kier molecular flexibility index (Phi) is 9.60. The fourth-order valence-corrected chi connectivity index (χ4v) is 5.67. The van der Waals surface area contributed by atoms with Gasteiger partial charge in [0.25, 0.3) is 11.8 Å². The molecule has 0 aromatic carbocycles. The fourth-order valence-electron chi connectivity index (χ4n) is 3.50. The number of nitrogens with two attached hydrogens (primary N) is 2. The predicted octanol–water partition coefficient (Wildman–Crippen LogP) is 4.55. The number of unbranched alkanes of at least 4 members (excludes halogenated alkanes) is 4. The Morgan fingerprint density at radius 3 is 1.30 bits per heavy atom. The van der Waals surface area contributed by atoms with E-state index in [2.05, 4.69) is 10.6 Å². The minimum atomic E-state index is -0.536. The number of rotatable bonds is 12. The molecule has 0 aliphatic rings. The fraction of sp³-hybridized carbons (Fsp3) is 0.478. The molecule has 0 unspecified atom stereocenters. The van der Waals surface area contributed by atoms with Crippen LogP contribution in [0.2, 0.25) is 0 Å². The van der Waals surface area contributed by atoms with Crippen molar-refractivity contribution < 1.29 is 19.2 Å². The number of hydrogen-bond donors (Lipinski definition) is 4. The molecule has 8 nitrogen and oxygen atoms in total. The average molecular weight is 493 g/mol. The molecule has 180 valence electrons. The second-order valence-electron chi connectivity index (χ2n) is 8.07. The summed E-state index contributed by atoms with van der Waals surface area (Å²) in [7, 11) is 0. The molecule has 0 radical (unpaired) electrons. The van der Waals surface area contributed by atoms with Gasteiger partial charge in [-0.15, -0.1) is 22.7 Å². The minimum absolute atomic E-state index is 0.134.